The van der Waals surface area contributed by atoms with E-state index in [1.165, 1.54) is 18.2 Å². The first-order valence-corrected chi connectivity index (χ1v) is 9.39. The molecule has 2 N–H and O–H groups in total. The van der Waals surface area contributed by atoms with E-state index in [1.54, 1.807) is 0 Å². The highest BCUT2D eigenvalue weighted by Gasteiger charge is 2.32. The van der Waals surface area contributed by atoms with Crippen molar-refractivity contribution in [1.29, 1.82) is 0 Å². The molecule has 0 atom stereocenters. The SMILES string of the molecule is COC(=O)c1cc(N)ccc1OC(c1ccc(C(F)(F)F)cc1)c1ccc(C(F)(F)F)cc1. The Hall–Kier alpha value is -3.69. The molecule has 3 rings (SSSR count). The van der Waals surface area contributed by atoms with E-state index in [0.717, 1.165) is 55.6 Å². The number of rotatable bonds is 5. The lowest BCUT2D eigenvalue weighted by Crippen LogP contribution is -2.14. The molecule has 0 amide bonds. The number of ether oxygens (including phenoxy) is 2. The van der Waals surface area contributed by atoms with Gasteiger partial charge in [-0.2, -0.15) is 26.3 Å². The number of nitrogen functional groups attached to an aromatic ring is 1. The van der Waals surface area contributed by atoms with Gasteiger partial charge in [-0.15, -0.1) is 0 Å². The highest BCUT2D eigenvalue weighted by atomic mass is 19.4. The van der Waals surface area contributed by atoms with E-state index in [0.29, 0.717) is 0 Å². The summed E-state index contributed by atoms with van der Waals surface area (Å²) in [5.74, 6) is -0.795. The molecule has 3 aromatic rings. The normalized spacial score (nSPS) is 12.0. The third kappa shape index (κ3) is 5.57. The first-order chi connectivity index (χ1) is 15.4. The molecule has 0 saturated heterocycles. The fraction of sp³-hybridized carbons (Fsp3) is 0.174. The summed E-state index contributed by atoms with van der Waals surface area (Å²) in [5, 5.41) is 0. The zero-order valence-corrected chi connectivity index (χ0v) is 17.0. The van der Waals surface area contributed by atoms with Gasteiger partial charge < -0.3 is 15.2 Å². The fourth-order valence-corrected chi connectivity index (χ4v) is 3.07. The second-order valence-electron chi connectivity index (χ2n) is 6.98. The zero-order chi connectivity index (χ0) is 24.4. The first kappa shape index (κ1) is 24.0. The van der Waals surface area contributed by atoms with Crippen LogP contribution in [0.15, 0.2) is 66.7 Å². The lowest BCUT2D eigenvalue weighted by Gasteiger charge is -2.22. The van der Waals surface area contributed by atoms with E-state index in [9.17, 15) is 31.1 Å². The van der Waals surface area contributed by atoms with Crippen LogP contribution in [0.4, 0.5) is 32.0 Å². The van der Waals surface area contributed by atoms with Crippen LogP contribution in [0, 0.1) is 0 Å². The number of nitrogens with two attached hydrogens (primary N) is 1. The van der Waals surface area contributed by atoms with Gasteiger partial charge in [-0.05, 0) is 53.6 Å². The van der Waals surface area contributed by atoms with Gasteiger partial charge in [0, 0.05) is 5.69 Å². The second-order valence-corrected chi connectivity index (χ2v) is 6.98. The highest BCUT2D eigenvalue weighted by Crippen LogP contribution is 2.36. The molecule has 0 heterocycles. The van der Waals surface area contributed by atoms with Crippen LogP contribution in [0.1, 0.15) is 38.7 Å². The van der Waals surface area contributed by atoms with Crippen LogP contribution >= 0.6 is 0 Å². The molecule has 0 aromatic heterocycles. The van der Waals surface area contributed by atoms with Crippen molar-refractivity contribution in [1.82, 2.24) is 0 Å². The van der Waals surface area contributed by atoms with Gasteiger partial charge in [0.2, 0.25) is 0 Å². The summed E-state index contributed by atoms with van der Waals surface area (Å²) in [6, 6.07) is 12.0. The number of halogens is 6. The summed E-state index contributed by atoms with van der Waals surface area (Å²) >= 11 is 0. The van der Waals surface area contributed by atoms with Crippen LogP contribution in [0.25, 0.3) is 0 Å². The maximum absolute atomic E-state index is 13.0. The second kappa shape index (κ2) is 9.05. The minimum atomic E-state index is -4.57. The molecule has 0 bridgehead atoms. The van der Waals surface area contributed by atoms with Crippen LogP contribution < -0.4 is 10.5 Å². The maximum atomic E-state index is 13.0. The zero-order valence-electron chi connectivity index (χ0n) is 17.0. The molecule has 0 aliphatic rings. The molecule has 0 aliphatic heterocycles. The van der Waals surface area contributed by atoms with Crippen LogP contribution in [0.3, 0.4) is 0 Å². The molecular weight excluding hydrogens is 452 g/mol. The molecule has 0 aliphatic carbocycles. The Morgan fingerprint density at radius 2 is 1.24 bits per heavy atom. The number of carbonyl (C=O) groups is 1. The lowest BCUT2D eigenvalue weighted by atomic mass is 9.98. The third-order valence-electron chi connectivity index (χ3n) is 4.74. The number of alkyl halides is 6. The largest absolute Gasteiger partial charge is 0.480 e. The smallest absolute Gasteiger partial charge is 0.416 e. The Morgan fingerprint density at radius 3 is 1.64 bits per heavy atom. The van der Waals surface area contributed by atoms with Crippen molar-refractivity contribution >= 4 is 11.7 Å². The van der Waals surface area contributed by atoms with E-state index < -0.39 is 35.6 Å². The standard InChI is InChI=1S/C23H17F6NO3/c1-32-21(31)18-12-17(30)10-11-19(18)33-20(13-2-6-15(7-3-13)22(24,25)26)14-4-8-16(9-5-14)23(27,28)29/h2-12,20H,30H2,1H3. The molecule has 0 fully saturated rings. The Morgan fingerprint density at radius 1 is 0.788 bits per heavy atom. The molecule has 33 heavy (non-hydrogen) atoms. The summed E-state index contributed by atoms with van der Waals surface area (Å²) < 4.78 is 88.4. The summed E-state index contributed by atoms with van der Waals surface area (Å²) in [4.78, 5) is 12.1. The number of hydrogen-bond acceptors (Lipinski definition) is 4. The van der Waals surface area contributed by atoms with E-state index in [-0.39, 0.29) is 28.1 Å². The van der Waals surface area contributed by atoms with Crippen LogP contribution in [0.5, 0.6) is 5.75 Å². The van der Waals surface area contributed by atoms with Crippen LogP contribution in [0.2, 0.25) is 0 Å². The summed E-state index contributed by atoms with van der Waals surface area (Å²) in [7, 11) is 1.14. The van der Waals surface area contributed by atoms with Gasteiger partial charge in [-0.1, -0.05) is 24.3 Å². The molecule has 3 aromatic carbocycles. The molecule has 174 valence electrons. The quantitative estimate of drug-likeness (QED) is 0.272. The maximum Gasteiger partial charge on any atom is 0.416 e. The van der Waals surface area contributed by atoms with Gasteiger partial charge in [-0.3, -0.25) is 0 Å². The average molecular weight is 469 g/mol. The number of benzene rings is 3. The lowest BCUT2D eigenvalue weighted by molar-refractivity contribution is -0.138. The number of esters is 1. The van der Waals surface area contributed by atoms with Gasteiger partial charge >= 0.3 is 18.3 Å². The fourth-order valence-electron chi connectivity index (χ4n) is 3.07. The predicted molar refractivity (Wildman–Crippen MR) is 108 cm³/mol. The van der Waals surface area contributed by atoms with E-state index >= 15 is 0 Å². The van der Waals surface area contributed by atoms with E-state index in [2.05, 4.69) is 0 Å². The van der Waals surface area contributed by atoms with Gasteiger partial charge in [0.25, 0.3) is 0 Å². The van der Waals surface area contributed by atoms with Gasteiger partial charge in [0.1, 0.15) is 17.4 Å². The molecule has 4 nitrogen and oxygen atoms in total. The number of hydrogen-bond donors (Lipinski definition) is 1. The molecule has 10 heteroatoms. The van der Waals surface area contributed by atoms with Crippen LogP contribution in [-0.2, 0) is 17.1 Å². The van der Waals surface area contributed by atoms with Crippen molar-refractivity contribution < 1.29 is 40.6 Å². The molecule has 0 unspecified atom stereocenters. The Bertz CT molecular complexity index is 1070. The van der Waals surface area contributed by atoms with Crippen molar-refractivity contribution in [2.75, 3.05) is 12.8 Å². The number of methoxy groups -OCH3 is 1. The third-order valence-corrected chi connectivity index (χ3v) is 4.74. The summed E-state index contributed by atoms with van der Waals surface area (Å²) in [6.07, 6.45) is -10.3. The summed E-state index contributed by atoms with van der Waals surface area (Å²) in [5.41, 5.74) is 4.51. The van der Waals surface area contributed by atoms with Gasteiger partial charge in [-0.25, -0.2) is 4.79 Å². The minimum absolute atomic E-state index is 0.0131. The van der Waals surface area contributed by atoms with Crippen molar-refractivity contribution in [2.24, 2.45) is 0 Å². The first-order valence-electron chi connectivity index (χ1n) is 9.39. The Balaban J connectivity index is 2.08. The minimum Gasteiger partial charge on any atom is -0.480 e. The molecule has 0 spiro atoms. The average Bonchev–Trinajstić information content (AvgIpc) is 2.76. The van der Waals surface area contributed by atoms with Crippen molar-refractivity contribution in [3.8, 4) is 5.75 Å². The van der Waals surface area contributed by atoms with Crippen molar-refractivity contribution in [3.63, 3.8) is 0 Å². The summed E-state index contributed by atoms with van der Waals surface area (Å²) in [6.45, 7) is 0. The van der Waals surface area contributed by atoms with E-state index in [4.69, 9.17) is 15.2 Å². The highest BCUT2D eigenvalue weighted by molar-refractivity contribution is 5.93. The topological polar surface area (TPSA) is 61.5 Å². The number of carbonyl (C=O) groups excluding carboxylic acids is 1. The Labute approximate surface area is 184 Å². The van der Waals surface area contributed by atoms with Gasteiger partial charge in [0.15, 0.2) is 0 Å². The van der Waals surface area contributed by atoms with Gasteiger partial charge in [0.05, 0.1) is 18.2 Å². The predicted octanol–water partition coefficient (Wildman–Crippen LogP) is 6.26. The van der Waals surface area contributed by atoms with Crippen molar-refractivity contribution in [3.05, 3.63) is 94.5 Å². The van der Waals surface area contributed by atoms with Crippen LogP contribution in [-0.4, -0.2) is 13.1 Å². The van der Waals surface area contributed by atoms with E-state index in [1.807, 2.05) is 0 Å². The molecule has 0 radical (unpaired) electrons. The Kier molecular flexibility index (Phi) is 6.57. The molecule has 0 saturated carbocycles. The number of anilines is 1. The van der Waals surface area contributed by atoms with Crippen molar-refractivity contribution in [2.45, 2.75) is 18.5 Å². The monoisotopic (exact) mass is 469 g/mol. The molecular formula is C23H17F6NO3.